The van der Waals surface area contributed by atoms with Gasteiger partial charge in [-0.25, -0.2) is 0 Å². The van der Waals surface area contributed by atoms with Crippen molar-refractivity contribution in [2.24, 2.45) is 0 Å². The number of carbonyl (C=O) groups is 1. The quantitative estimate of drug-likeness (QED) is 0.526. The van der Waals surface area contributed by atoms with Crippen molar-refractivity contribution in [3.8, 4) is 5.75 Å². The molecule has 3 aromatic rings. The number of benzene rings is 2. The number of hydrogen-bond acceptors (Lipinski definition) is 2. The normalized spacial score (nSPS) is 10.0. The third-order valence-electron chi connectivity index (χ3n) is 3.46. The van der Waals surface area contributed by atoms with Crippen LogP contribution in [0.5, 0.6) is 5.75 Å². The summed E-state index contributed by atoms with van der Waals surface area (Å²) < 4.78 is 7.06. The fraction of sp³-hybridized carbons (Fsp3) is 0.111. The van der Waals surface area contributed by atoms with Gasteiger partial charge in [0.05, 0.1) is 7.11 Å². The number of methoxy groups -OCH3 is 1. The fourth-order valence-electron chi connectivity index (χ4n) is 2.33. The Morgan fingerprint density at radius 3 is 2.59 bits per heavy atom. The second-order valence-corrected chi connectivity index (χ2v) is 4.90. The van der Waals surface area contributed by atoms with Gasteiger partial charge in [0.15, 0.2) is 12.4 Å². The van der Waals surface area contributed by atoms with Crippen molar-refractivity contribution >= 4 is 33.5 Å². The molecular formula is C18H17BrNO2+. The van der Waals surface area contributed by atoms with E-state index in [4.69, 9.17) is 4.74 Å². The lowest BCUT2D eigenvalue weighted by molar-refractivity contribution is -0.681. The summed E-state index contributed by atoms with van der Waals surface area (Å²) in [7, 11) is 1.60. The zero-order valence-corrected chi connectivity index (χ0v) is 13.9. The summed E-state index contributed by atoms with van der Waals surface area (Å²) in [4.78, 5) is 12.3. The molecule has 0 spiro atoms. The Balaban J connectivity index is 0.00000176. The van der Waals surface area contributed by atoms with Gasteiger partial charge in [0, 0.05) is 17.0 Å². The van der Waals surface area contributed by atoms with Gasteiger partial charge in [0.25, 0.3) is 0 Å². The molecule has 0 aliphatic carbocycles. The van der Waals surface area contributed by atoms with E-state index < -0.39 is 0 Å². The average molecular weight is 359 g/mol. The van der Waals surface area contributed by atoms with Crippen molar-refractivity contribution in [3.05, 3.63) is 72.6 Å². The van der Waals surface area contributed by atoms with Crippen molar-refractivity contribution in [1.29, 1.82) is 0 Å². The van der Waals surface area contributed by atoms with Crippen LogP contribution in [0, 0.1) is 0 Å². The zero-order chi connectivity index (χ0) is 14.7. The van der Waals surface area contributed by atoms with Crippen LogP contribution in [-0.4, -0.2) is 12.9 Å². The monoisotopic (exact) mass is 358 g/mol. The molecule has 0 N–H and O–H groups in total. The molecule has 0 atom stereocenters. The van der Waals surface area contributed by atoms with Gasteiger partial charge in [-0.05, 0) is 23.6 Å². The highest BCUT2D eigenvalue weighted by Gasteiger charge is 2.13. The van der Waals surface area contributed by atoms with E-state index in [1.807, 2.05) is 59.4 Å². The van der Waals surface area contributed by atoms with Crippen LogP contribution in [0.15, 0.2) is 67.0 Å². The molecule has 0 amide bonds. The Hall–Kier alpha value is -2.20. The summed E-state index contributed by atoms with van der Waals surface area (Å²) in [6.45, 7) is 0.317. The minimum absolute atomic E-state index is 0. The summed E-state index contributed by atoms with van der Waals surface area (Å²) in [5.41, 5.74) is 0.662. The number of ketones is 1. The molecule has 3 nitrogen and oxygen atoms in total. The van der Waals surface area contributed by atoms with Crippen LogP contribution in [0.4, 0.5) is 0 Å². The molecule has 0 unspecified atom stereocenters. The number of hydrogen-bond donors (Lipinski definition) is 0. The molecule has 3 rings (SSSR count). The van der Waals surface area contributed by atoms with E-state index in [1.54, 1.807) is 13.2 Å². The predicted molar refractivity (Wildman–Crippen MR) is 91.8 cm³/mol. The van der Waals surface area contributed by atoms with Gasteiger partial charge in [-0.1, -0.05) is 30.3 Å². The number of fused-ring (bicyclic) bond motifs is 1. The van der Waals surface area contributed by atoms with Crippen LogP contribution in [0.25, 0.3) is 10.8 Å². The van der Waals surface area contributed by atoms with Crippen molar-refractivity contribution in [3.63, 3.8) is 0 Å². The number of ether oxygens (including phenoxy) is 1. The molecule has 0 bridgehead atoms. The molecule has 0 aliphatic heterocycles. The highest BCUT2D eigenvalue weighted by Crippen LogP contribution is 2.13. The largest absolute Gasteiger partial charge is 0.497 e. The molecule has 1 heterocycles. The topological polar surface area (TPSA) is 30.2 Å². The number of nitrogens with zero attached hydrogens (tertiary/aromatic N) is 1. The Morgan fingerprint density at radius 2 is 1.82 bits per heavy atom. The molecule has 22 heavy (non-hydrogen) atoms. The first-order valence-electron chi connectivity index (χ1n) is 6.81. The van der Waals surface area contributed by atoms with Gasteiger partial charge in [0.1, 0.15) is 5.75 Å². The van der Waals surface area contributed by atoms with E-state index in [2.05, 4.69) is 6.07 Å². The number of carbonyl (C=O) groups excluding carboxylic acids is 1. The summed E-state index contributed by atoms with van der Waals surface area (Å²) >= 11 is 0. The standard InChI is InChI=1S/C18H16NO2.BrH/c1-21-17-8-4-7-15(11-17)18(20)13-19-10-9-14-5-2-3-6-16(14)12-19;/h2-12H,13H2,1H3;1H/q+1;. The van der Waals surface area contributed by atoms with Crippen molar-refractivity contribution < 1.29 is 14.1 Å². The molecule has 0 saturated heterocycles. The molecule has 2 aromatic carbocycles. The molecule has 0 fully saturated rings. The number of aromatic nitrogens is 1. The van der Waals surface area contributed by atoms with Crippen LogP contribution < -0.4 is 9.30 Å². The Bertz CT molecular complexity index is 802. The molecule has 0 radical (unpaired) electrons. The first kappa shape index (κ1) is 16.2. The Morgan fingerprint density at radius 1 is 1.05 bits per heavy atom. The van der Waals surface area contributed by atoms with E-state index in [0.29, 0.717) is 17.9 Å². The summed E-state index contributed by atoms with van der Waals surface area (Å²) in [5.74, 6) is 0.763. The smallest absolute Gasteiger partial charge is 0.227 e. The highest BCUT2D eigenvalue weighted by atomic mass is 79.9. The maximum absolute atomic E-state index is 12.3. The first-order valence-corrected chi connectivity index (χ1v) is 6.81. The van der Waals surface area contributed by atoms with Crippen LogP contribution in [0.2, 0.25) is 0 Å². The maximum Gasteiger partial charge on any atom is 0.227 e. The zero-order valence-electron chi connectivity index (χ0n) is 12.2. The minimum Gasteiger partial charge on any atom is -0.497 e. The maximum atomic E-state index is 12.3. The van der Waals surface area contributed by atoms with E-state index in [9.17, 15) is 4.79 Å². The van der Waals surface area contributed by atoms with E-state index in [-0.39, 0.29) is 22.8 Å². The Kier molecular flexibility index (Phi) is 5.28. The van der Waals surface area contributed by atoms with Crippen LogP contribution in [0.3, 0.4) is 0 Å². The third-order valence-corrected chi connectivity index (χ3v) is 3.46. The predicted octanol–water partition coefficient (Wildman–Crippen LogP) is 3.60. The average Bonchev–Trinajstić information content (AvgIpc) is 2.54. The summed E-state index contributed by atoms with van der Waals surface area (Å²) in [6, 6.07) is 17.4. The lowest BCUT2D eigenvalue weighted by Crippen LogP contribution is -2.37. The number of halogens is 1. The fourth-order valence-corrected chi connectivity index (χ4v) is 2.33. The van der Waals surface area contributed by atoms with Crippen LogP contribution >= 0.6 is 17.0 Å². The van der Waals surface area contributed by atoms with Crippen LogP contribution in [-0.2, 0) is 6.54 Å². The second-order valence-electron chi connectivity index (χ2n) is 4.90. The van der Waals surface area contributed by atoms with Crippen molar-refractivity contribution in [1.82, 2.24) is 0 Å². The number of Topliss-reactive ketones (excluding diaryl/α,β-unsaturated/α-hetero) is 1. The lowest BCUT2D eigenvalue weighted by Gasteiger charge is -2.02. The molecule has 4 heteroatoms. The van der Waals surface area contributed by atoms with Crippen molar-refractivity contribution in [2.75, 3.05) is 7.11 Å². The molecule has 1 aromatic heterocycles. The van der Waals surface area contributed by atoms with Gasteiger partial charge in [-0.2, -0.15) is 4.57 Å². The van der Waals surface area contributed by atoms with E-state index in [0.717, 1.165) is 5.39 Å². The molecule has 0 saturated carbocycles. The number of pyridine rings is 1. The van der Waals surface area contributed by atoms with Gasteiger partial charge >= 0.3 is 0 Å². The van der Waals surface area contributed by atoms with Gasteiger partial charge in [-0.15, -0.1) is 17.0 Å². The van der Waals surface area contributed by atoms with E-state index >= 15 is 0 Å². The van der Waals surface area contributed by atoms with E-state index in [1.165, 1.54) is 5.39 Å². The summed E-state index contributed by atoms with van der Waals surface area (Å²) in [6.07, 6.45) is 3.92. The highest BCUT2D eigenvalue weighted by molar-refractivity contribution is 8.93. The van der Waals surface area contributed by atoms with Gasteiger partial charge in [-0.3, -0.25) is 4.79 Å². The van der Waals surface area contributed by atoms with Gasteiger partial charge in [0.2, 0.25) is 12.3 Å². The Labute approximate surface area is 139 Å². The summed E-state index contributed by atoms with van der Waals surface area (Å²) in [5, 5.41) is 2.29. The third kappa shape index (κ3) is 3.52. The SMILES string of the molecule is Br.COc1cccc(C(=O)C[n+]2ccc3ccccc3c2)c1. The van der Waals surface area contributed by atoms with Gasteiger partial charge < -0.3 is 4.74 Å². The molecule has 112 valence electrons. The number of rotatable bonds is 4. The van der Waals surface area contributed by atoms with Crippen LogP contribution in [0.1, 0.15) is 10.4 Å². The molecular weight excluding hydrogens is 342 g/mol. The minimum atomic E-state index is 0. The molecule has 0 aliphatic rings. The van der Waals surface area contributed by atoms with Crippen molar-refractivity contribution in [2.45, 2.75) is 6.54 Å². The second kappa shape index (κ2) is 7.18. The lowest BCUT2D eigenvalue weighted by atomic mass is 10.1. The first-order chi connectivity index (χ1) is 10.3.